The Hall–Kier alpha value is -1.08. The van der Waals surface area contributed by atoms with Crippen molar-refractivity contribution in [2.75, 3.05) is 11.9 Å². The Morgan fingerprint density at radius 2 is 1.90 bits per heavy atom. The van der Waals surface area contributed by atoms with Crippen LogP contribution in [0.25, 0.3) is 0 Å². The Morgan fingerprint density at radius 3 is 2.40 bits per heavy atom. The van der Waals surface area contributed by atoms with Gasteiger partial charge in [-0.1, -0.05) is 22.9 Å². The molecule has 0 unspecified atom stereocenters. The molecule has 112 valence electrons. The number of rotatable bonds is 4. The van der Waals surface area contributed by atoms with Gasteiger partial charge in [0.25, 0.3) is 0 Å². The van der Waals surface area contributed by atoms with E-state index >= 15 is 0 Å². The van der Waals surface area contributed by atoms with Gasteiger partial charge in [0.2, 0.25) is 5.91 Å². The SMILES string of the molecule is CCNC(C)(C)C(=O)Nc1ccc(Br)c(C(F)(F)F)c1. The third kappa shape index (κ3) is 4.21. The Morgan fingerprint density at radius 1 is 1.30 bits per heavy atom. The molecule has 0 heterocycles. The van der Waals surface area contributed by atoms with Crippen LogP contribution >= 0.6 is 15.9 Å². The summed E-state index contributed by atoms with van der Waals surface area (Å²) in [7, 11) is 0. The fourth-order valence-electron chi connectivity index (χ4n) is 1.63. The highest BCUT2D eigenvalue weighted by Crippen LogP contribution is 2.36. The maximum atomic E-state index is 12.8. The molecule has 0 bridgehead atoms. The van der Waals surface area contributed by atoms with Gasteiger partial charge in [-0.05, 0) is 38.6 Å². The van der Waals surface area contributed by atoms with E-state index in [0.29, 0.717) is 6.54 Å². The van der Waals surface area contributed by atoms with Gasteiger partial charge in [-0.25, -0.2) is 0 Å². The van der Waals surface area contributed by atoms with Crippen LogP contribution in [0.15, 0.2) is 22.7 Å². The van der Waals surface area contributed by atoms with Gasteiger partial charge in [0.15, 0.2) is 0 Å². The van der Waals surface area contributed by atoms with Crippen LogP contribution in [0.5, 0.6) is 0 Å². The summed E-state index contributed by atoms with van der Waals surface area (Å²) >= 11 is 2.85. The predicted octanol–water partition coefficient (Wildman–Crippen LogP) is 3.79. The second-order valence-electron chi connectivity index (χ2n) is 4.80. The van der Waals surface area contributed by atoms with Crippen molar-refractivity contribution in [3.05, 3.63) is 28.2 Å². The first-order chi connectivity index (χ1) is 9.08. The molecule has 0 atom stereocenters. The molecule has 7 heteroatoms. The number of amides is 1. The minimum atomic E-state index is -4.48. The number of hydrogen-bond donors (Lipinski definition) is 2. The van der Waals surface area contributed by atoms with Crippen LogP contribution in [-0.2, 0) is 11.0 Å². The van der Waals surface area contributed by atoms with Gasteiger partial charge < -0.3 is 10.6 Å². The van der Waals surface area contributed by atoms with Gasteiger partial charge in [0.1, 0.15) is 0 Å². The fraction of sp³-hybridized carbons (Fsp3) is 0.462. The summed E-state index contributed by atoms with van der Waals surface area (Å²) in [4.78, 5) is 12.0. The number of alkyl halides is 3. The van der Waals surface area contributed by atoms with Crippen LogP contribution in [0.1, 0.15) is 26.3 Å². The lowest BCUT2D eigenvalue weighted by Crippen LogP contribution is -2.49. The van der Waals surface area contributed by atoms with E-state index in [1.807, 2.05) is 6.92 Å². The molecule has 1 rings (SSSR count). The minimum Gasteiger partial charge on any atom is -0.324 e. The van der Waals surface area contributed by atoms with Crippen molar-refractivity contribution >= 4 is 27.5 Å². The first-order valence-electron chi connectivity index (χ1n) is 6.01. The fourth-order valence-corrected chi connectivity index (χ4v) is 2.10. The standard InChI is InChI=1S/C13H16BrF3N2O/c1-4-18-12(2,3)11(20)19-8-5-6-10(14)9(7-8)13(15,16)17/h5-7,18H,4H2,1-3H3,(H,19,20). The van der Waals surface area contributed by atoms with E-state index in [2.05, 4.69) is 26.6 Å². The number of halogens is 4. The van der Waals surface area contributed by atoms with E-state index in [1.165, 1.54) is 12.1 Å². The molecule has 1 aromatic rings. The first-order valence-corrected chi connectivity index (χ1v) is 6.80. The van der Waals surface area contributed by atoms with E-state index < -0.39 is 23.2 Å². The molecule has 0 saturated heterocycles. The number of hydrogen-bond acceptors (Lipinski definition) is 2. The molecular weight excluding hydrogens is 337 g/mol. The van der Waals surface area contributed by atoms with Gasteiger partial charge in [0, 0.05) is 10.2 Å². The number of carbonyl (C=O) groups excluding carboxylic acids is 1. The van der Waals surface area contributed by atoms with E-state index in [1.54, 1.807) is 13.8 Å². The van der Waals surface area contributed by atoms with Gasteiger partial charge >= 0.3 is 6.18 Å². The topological polar surface area (TPSA) is 41.1 Å². The van der Waals surface area contributed by atoms with E-state index in [4.69, 9.17) is 0 Å². The lowest BCUT2D eigenvalue weighted by molar-refractivity contribution is -0.138. The van der Waals surface area contributed by atoms with E-state index in [9.17, 15) is 18.0 Å². The zero-order valence-corrected chi connectivity index (χ0v) is 12.9. The van der Waals surface area contributed by atoms with Gasteiger partial charge in [-0.3, -0.25) is 4.79 Å². The average molecular weight is 353 g/mol. The molecule has 0 spiro atoms. The third-order valence-corrected chi connectivity index (χ3v) is 3.41. The number of benzene rings is 1. The van der Waals surface area contributed by atoms with Crippen LogP contribution in [0.4, 0.5) is 18.9 Å². The number of carbonyl (C=O) groups is 1. The second-order valence-corrected chi connectivity index (χ2v) is 5.66. The lowest BCUT2D eigenvalue weighted by Gasteiger charge is -2.24. The summed E-state index contributed by atoms with van der Waals surface area (Å²) in [5.41, 5.74) is -1.58. The van der Waals surface area contributed by atoms with Crippen LogP contribution in [0.3, 0.4) is 0 Å². The van der Waals surface area contributed by atoms with E-state index in [0.717, 1.165) is 6.07 Å². The summed E-state index contributed by atoms with van der Waals surface area (Å²) in [5, 5.41) is 5.44. The molecule has 0 aliphatic rings. The summed E-state index contributed by atoms with van der Waals surface area (Å²) in [6.45, 7) is 5.75. The predicted molar refractivity (Wildman–Crippen MR) is 75.5 cm³/mol. The van der Waals surface area contributed by atoms with Gasteiger partial charge in [0.05, 0.1) is 11.1 Å². The lowest BCUT2D eigenvalue weighted by atomic mass is 10.0. The summed E-state index contributed by atoms with van der Waals surface area (Å²) < 4.78 is 38.2. The summed E-state index contributed by atoms with van der Waals surface area (Å²) in [6.07, 6.45) is -4.48. The molecule has 2 N–H and O–H groups in total. The maximum absolute atomic E-state index is 12.8. The zero-order valence-electron chi connectivity index (χ0n) is 11.4. The molecule has 1 aromatic carbocycles. The highest BCUT2D eigenvalue weighted by Gasteiger charge is 2.33. The summed E-state index contributed by atoms with van der Waals surface area (Å²) in [5.74, 6) is -0.394. The molecule has 20 heavy (non-hydrogen) atoms. The van der Waals surface area contributed by atoms with Crippen molar-refractivity contribution in [1.29, 1.82) is 0 Å². The van der Waals surface area contributed by atoms with Crippen LogP contribution < -0.4 is 10.6 Å². The highest BCUT2D eigenvalue weighted by molar-refractivity contribution is 9.10. The van der Waals surface area contributed by atoms with Crippen LogP contribution in [-0.4, -0.2) is 18.0 Å². The van der Waals surface area contributed by atoms with Crippen molar-refractivity contribution in [2.24, 2.45) is 0 Å². The largest absolute Gasteiger partial charge is 0.417 e. The van der Waals surface area contributed by atoms with Crippen LogP contribution in [0, 0.1) is 0 Å². The molecule has 3 nitrogen and oxygen atoms in total. The van der Waals surface area contributed by atoms with Crippen molar-refractivity contribution in [3.63, 3.8) is 0 Å². The molecular formula is C13H16BrF3N2O. The normalized spacial score (nSPS) is 12.3. The number of likely N-dealkylation sites (N-methyl/N-ethyl adjacent to an activating group) is 1. The van der Waals surface area contributed by atoms with E-state index in [-0.39, 0.29) is 10.2 Å². The summed E-state index contributed by atoms with van der Waals surface area (Å²) in [6, 6.07) is 3.59. The van der Waals surface area contributed by atoms with Crippen molar-refractivity contribution in [3.8, 4) is 0 Å². The second kappa shape index (κ2) is 6.13. The van der Waals surface area contributed by atoms with Crippen molar-refractivity contribution in [2.45, 2.75) is 32.5 Å². The molecule has 0 aliphatic carbocycles. The maximum Gasteiger partial charge on any atom is 0.417 e. The Bertz CT molecular complexity index is 501. The number of nitrogens with one attached hydrogen (secondary N) is 2. The smallest absolute Gasteiger partial charge is 0.324 e. The van der Waals surface area contributed by atoms with Gasteiger partial charge in [-0.15, -0.1) is 0 Å². The minimum absolute atomic E-state index is 0.0612. The zero-order chi connectivity index (χ0) is 15.6. The molecule has 0 fully saturated rings. The first kappa shape index (κ1) is 17.0. The highest BCUT2D eigenvalue weighted by atomic mass is 79.9. The van der Waals surface area contributed by atoms with Crippen molar-refractivity contribution in [1.82, 2.24) is 5.32 Å². The Balaban J connectivity index is 2.97. The monoisotopic (exact) mass is 352 g/mol. The Kier molecular flexibility index (Phi) is 5.21. The molecule has 1 amide bonds. The van der Waals surface area contributed by atoms with Crippen LogP contribution in [0.2, 0.25) is 0 Å². The molecule has 0 saturated carbocycles. The van der Waals surface area contributed by atoms with Crippen molar-refractivity contribution < 1.29 is 18.0 Å². The number of anilines is 1. The van der Waals surface area contributed by atoms with Gasteiger partial charge in [-0.2, -0.15) is 13.2 Å². The third-order valence-electron chi connectivity index (χ3n) is 2.72. The quantitative estimate of drug-likeness (QED) is 0.865. The average Bonchev–Trinajstić information content (AvgIpc) is 2.30. The molecule has 0 aliphatic heterocycles. The molecule has 0 aromatic heterocycles. The Labute approximate surface area is 124 Å². The molecule has 0 radical (unpaired) electrons.